The summed E-state index contributed by atoms with van der Waals surface area (Å²) in [7, 11) is 0. The van der Waals surface area contributed by atoms with E-state index in [1.54, 1.807) is 10.6 Å². The number of hydrogen-bond acceptors (Lipinski definition) is 3. The number of alkyl halides is 3. The summed E-state index contributed by atoms with van der Waals surface area (Å²) in [6, 6.07) is 15.2. The highest BCUT2D eigenvalue weighted by molar-refractivity contribution is 6.02. The molecule has 4 nitrogen and oxygen atoms in total. The predicted molar refractivity (Wildman–Crippen MR) is 120 cm³/mol. The van der Waals surface area contributed by atoms with E-state index in [9.17, 15) is 13.2 Å². The third-order valence-corrected chi connectivity index (χ3v) is 6.06. The van der Waals surface area contributed by atoms with Gasteiger partial charge in [-0.25, -0.2) is 9.97 Å². The van der Waals surface area contributed by atoms with E-state index in [0.717, 1.165) is 47.9 Å². The Kier molecular flexibility index (Phi) is 5.12. The number of fused-ring (bicyclic) bond motifs is 1. The summed E-state index contributed by atoms with van der Waals surface area (Å²) in [6.07, 6.45) is 1.24. The predicted octanol–water partition coefficient (Wildman–Crippen LogP) is 6.34. The molecule has 5 rings (SSSR count). The Hall–Kier alpha value is -3.35. The zero-order valence-corrected chi connectivity index (χ0v) is 17.7. The fourth-order valence-electron chi connectivity index (χ4n) is 4.53. The van der Waals surface area contributed by atoms with Gasteiger partial charge in [0, 0.05) is 30.5 Å². The molecular formula is C25H23F3N4. The average Bonchev–Trinajstić information content (AvgIpc) is 3.19. The third kappa shape index (κ3) is 3.72. The lowest BCUT2D eigenvalue weighted by Gasteiger charge is -2.32. The molecule has 0 N–H and O–H groups in total. The van der Waals surface area contributed by atoms with Crippen molar-refractivity contribution in [2.45, 2.75) is 25.9 Å². The van der Waals surface area contributed by atoms with Crippen molar-refractivity contribution in [3.63, 3.8) is 0 Å². The molecule has 0 bridgehead atoms. The zero-order chi connectivity index (χ0) is 22.3. The molecular weight excluding hydrogens is 413 g/mol. The second-order valence-corrected chi connectivity index (χ2v) is 8.42. The first kappa shape index (κ1) is 20.5. The van der Waals surface area contributed by atoms with Gasteiger partial charge in [0.1, 0.15) is 12.1 Å². The van der Waals surface area contributed by atoms with E-state index in [4.69, 9.17) is 0 Å². The van der Waals surface area contributed by atoms with Crippen LogP contribution in [0.2, 0.25) is 0 Å². The number of halogens is 3. The summed E-state index contributed by atoms with van der Waals surface area (Å²) in [4.78, 5) is 11.4. The standard InChI is InChI=1S/C25H23F3N4/c1-17-7-6-12-31(14-17)23-22-21(18-8-3-2-4-9-18)15-32(24(22)30-16-29-23)20-11-5-10-19(13-20)25(26,27)28/h2-5,8-11,13,15-17H,6-7,12,14H2,1H3/t17-/m1/s1. The van der Waals surface area contributed by atoms with Crippen molar-refractivity contribution in [1.29, 1.82) is 0 Å². The van der Waals surface area contributed by atoms with Gasteiger partial charge in [-0.3, -0.25) is 0 Å². The van der Waals surface area contributed by atoms with E-state index in [1.807, 2.05) is 36.5 Å². The van der Waals surface area contributed by atoms with Gasteiger partial charge >= 0.3 is 6.18 Å². The quantitative estimate of drug-likeness (QED) is 0.376. The summed E-state index contributed by atoms with van der Waals surface area (Å²) < 4.78 is 41.9. The van der Waals surface area contributed by atoms with Crippen LogP contribution in [0.5, 0.6) is 0 Å². The van der Waals surface area contributed by atoms with Crippen LogP contribution in [0.15, 0.2) is 67.1 Å². The first-order valence-electron chi connectivity index (χ1n) is 10.8. The van der Waals surface area contributed by atoms with Gasteiger partial charge in [0.05, 0.1) is 10.9 Å². The van der Waals surface area contributed by atoms with Crippen LogP contribution in [0, 0.1) is 5.92 Å². The largest absolute Gasteiger partial charge is 0.416 e. The number of nitrogens with zero attached hydrogens (tertiary/aromatic N) is 4. The zero-order valence-electron chi connectivity index (χ0n) is 17.7. The Morgan fingerprint density at radius 2 is 1.81 bits per heavy atom. The fourth-order valence-corrected chi connectivity index (χ4v) is 4.53. The number of aromatic nitrogens is 3. The van der Waals surface area contributed by atoms with Gasteiger partial charge in [-0.05, 0) is 42.5 Å². The lowest BCUT2D eigenvalue weighted by atomic mass is 9.99. The molecule has 1 aliphatic heterocycles. The maximum Gasteiger partial charge on any atom is 0.416 e. The number of benzene rings is 2. The Balaban J connectivity index is 1.75. The summed E-state index contributed by atoms with van der Waals surface area (Å²) in [5, 5.41) is 0.866. The van der Waals surface area contributed by atoms with Crippen LogP contribution in [-0.4, -0.2) is 27.6 Å². The third-order valence-electron chi connectivity index (χ3n) is 6.06. The SMILES string of the molecule is C[C@@H]1CCCN(c2ncnc3c2c(-c2ccccc2)cn3-c2cccc(C(F)(F)F)c2)C1. The van der Waals surface area contributed by atoms with E-state index in [1.165, 1.54) is 24.9 Å². The highest BCUT2D eigenvalue weighted by atomic mass is 19.4. The van der Waals surface area contributed by atoms with E-state index < -0.39 is 11.7 Å². The monoisotopic (exact) mass is 436 g/mol. The van der Waals surface area contributed by atoms with Crippen molar-refractivity contribution in [3.05, 3.63) is 72.7 Å². The maximum atomic E-state index is 13.4. The van der Waals surface area contributed by atoms with Crippen molar-refractivity contribution in [3.8, 4) is 16.8 Å². The number of anilines is 1. The number of rotatable bonds is 3. The number of piperidine rings is 1. The molecule has 2 aromatic heterocycles. The normalized spacial score (nSPS) is 17.1. The van der Waals surface area contributed by atoms with Crippen LogP contribution in [0.25, 0.3) is 27.8 Å². The minimum Gasteiger partial charge on any atom is -0.356 e. The lowest BCUT2D eigenvalue weighted by Crippen LogP contribution is -2.35. The molecule has 32 heavy (non-hydrogen) atoms. The van der Waals surface area contributed by atoms with Gasteiger partial charge < -0.3 is 9.47 Å². The van der Waals surface area contributed by atoms with Gasteiger partial charge in [-0.1, -0.05) is 43.3 Å². The van der Waals surface area contributed by atoms with Crippen molar-refractivity contribution >= 4 is 16.9 Å². The van der Waals surface area contributed by atoms with Crippen LogP contribution >= 0.6 is 0 Å². The van der Waals surface area contributed by atoms with Gasteiger partial charge in [0.15, 0.2) is 5.65 Å². The molecule has 7 heteroatoms. The van der Waals surface area contributed by atoms with E-state index in [2.05, 4.69) is 21.8 Å². The summed E-state index contributed by atoms with van der Waals surface area (Å²) in [6.45, 7) is 4.03. The van der Waals surface area contributed by atoms with Gasteiger partial charge in [0.2, 0.25) is 0 Å². The fraction of sp³-hybridized carbons (Fsp3) is 0.280. The molecule has 2 aromatic carbocycles. The molecule has 164 valence electrons. The number of hydrogen-bond donors (Lipinski definition) is 0. The van der Waals surface area contributed by atoms with Crippen molar-refractivity contribution in [2.24, 2.45) is 5.92 Å². The van der Waals surface area contributed by atoms with Crippen LogP contribution < -0.4 is 4.90 Å². The Labute approximate surface area is 184 Å². The van der Waals surface area contributed by atoms with E-state index in [0.29, 0.717) is 17.3 Å². The topological polar surface area (TPSA) is 34.0 Å². The molecule has 3 heterocycles. The van der Waals surface area contributed by atoms with Gasteiger partial charge in [-0.2, -0.15) is 13.2 Å². The molecule has 0 radical (unpaired) electrons. The minimum atomic E-state index is -4.41. The Morgan fingerprint density at radius 1 is 1.00 bits per heavy atom. The second-order valence-electron chi connectivity index (χ2n) is 8.42. The highest BCUT2D eigenvalue weighted by Gasteiger charge is 2.31. The molecule has 0 amide bonds. The molecule has 1 aliphatic rings. The van der Waals surface area contributed by atoms with Crippen LogP contribution in [0.3, 0.4) is 0 Å². The van der Waals surface area contributed by atoms with Gasteiger partial charge in [-0.15, -0.1) is 0 Å². The summed E-state index contributed by atoms with van der Waals surface area (Å²) >= 11 is 0. The van der Waals surface area contributed by atoms with Crippen molar-refractivity contribution < 1.29 is 13.2 Å². The molecule has 0 spiro atoms. The summed E-state index contributed by atoms with van der Waals surface area (Å²) in [5.74, 6) is 1.39. The van der Waals surface area contributed by atoms with Crippen molar-refractivity contribution in [1.82, 2.24) is 14.5 Å². The molecule has 0 aliphatic carbocycles. The molecule has 1 saturated heterocycles. The van der Waals surface area contributed by atoms with E-state index in [-0.39, 0.29) is 0 Å². The first-order chi connectivity index (χ1) is 15.4. The van der Waals surface area contributed by atoms with Crippen LogP contribution in [0.1, 0.15) is 25.3 Å². The Bertz CT molecular complexity index is 1250. The van der Waals surface area contributed by atoms with Crippen molar-refractivity contribution in [2.75, 3.05) is 18.0 Å². The van der Waals surface area contributed by atoms with Crippen LogP contribution in [-0.2, 0) is 6.18 Å². The molecule has 0 saturated carbocycles. The summed E-state index contributed by atoms with van der Waals surface area (Å²) in [5.41, 5.74) is 2.23. The molecule has 4 aromatic rings. The lowest BCUT2D eigenvalue weighted by molar-refractivity contribution is -0.137. The molecule has 0 unspecified atom stereocenters. The average molecular weight is 436 g/mol. The van der Waals surface area contributed by atoms with E-state index >= 15 is 0 Å². The maximum absolute atomic E-state index is 13.4. The minimum absolute atomic E-state index is 0.420. The molecule has 1 atom stereocenters. The van der Waals surface area contributed by atoms with Gasteiger partial charge in [0.25, 0.3) is 0 Å². The van der Waals surface area contributed by atoms with Crippen LogP contribution in [0.4, 0.5) is 19.0 Å². The highest BCUT2D eigenvalue weighted by Crippen LogP contribution is 2.38. The smallest absolute Gasteiger partial charge is 0.356 e. The molecule has 1 fully saturated rings. The first-order valence-corrected chi connectivity index (χ1v) is 10.8. The Morgan fingerprint density at radius 3 is 2.56 bits per heavy atom. The second kappa shape index (κ2) is 7.97.